The lowest BCUT2D eigenvalue weighted by atomic mass is 9.65. The molecule has 67 heavy (non-hydrogen) atoms. The highest BCUT2D eigenvalue weighted by atomic mass is 32.1. The van der Waals surface area contributed by atoms with Gasteiger partial charge in [0.1, 0.15) is 11.5 Å². The summed E-state index contributed by atoms with van der Waals surface area (Å²) in [4.78, 5) is 2.43. The van der Waals surface area contributed by atoms with Crippen molar-refractivity contribution in [3.8, 4) is 33.8 Å². The van der Waals surface area contributed by atoms with Gasteiger partial charge in [0.05, 0.1) is 5.41 Å². The first-order valence-corrected chi connectivity index (χ1v) is 24.5. The summed E-state index contributed by atoms with van der Waals surface area (Å²) in [6.07, 6.45) is 0. The van der Waals surface area contributed by atoms with E-state index in [1.165, 1.54) is 95.6 Å². The Hall–Kier alpha value is -8.02. The van der Waals surface area contributed by atoms with E-state index in [1.54, 1.807) is 0 Å². The van der Waals surface area contributed by atoms with Crippen molar-refractivity contribution in [2.45, 2.75) is 5.41 Å². The van der Waals surface area contributed by atoms with Gasteiger partial charge in [-0.25, -0.2) is 0 Å². The van der Waals surface area contributed by atoms with Gasteiger partial charge >= 0.3 is 0 Å². The van der Waals surface area contributed by atoms with Crippen LogP contribution < -0.4 is 9.64 Å². The summed E-state index contributed by atoms with van der Waals surface area (Å²) in [6.45, 7) is 0. The van der Waals surface area contributed by atoms with Gasteiger partial charge in [-0.1, -0.05) is 158 Å². The minimum absolute atomic E-state index is 0.607. The third kappa shape index (κ3) is 5.25. The van der Waals surface area contributed by atoms with Crippen LogP contribution in [0.1, 0.15) is 22.3 Å². The van der Waals surface area contributed by atoms with Crippen molar-refractivity contribution in [3.05, 3.63) is 247 Å². The van der Waals surface area contributed by atoms with Crippen LogP contribution in [0, 0.1) is 0 Å². The Labute approximate surface area is 394 Å². The van der Waals surface area contributed by atoms with Crippen molar-refractivity contribution in [1.29, 1.82) is 0 Å². The van der Waals surface area contributed by atoms with Crippen LogP contribution in [0.25, 0.3) is 84.1 Å². The van der Waals surface area contributed by atoms with Crippen molar-refractivity contribution >= 4 is 102 Å². The lowest BCUT2D eigenvalue weighted by Gasteiger charge is -2.40. The predicted octanol–water partition coefficient (Wildman–Crippen LogP) is 18.3. The summed E-state index contributed by atoms with van der Waals surface area (Å²) >= 11 is 3.72. The van der Waals surface area contributed by atoms with Crippen LogP contribution in [0.5, 0.6) is 11.5 Å². The molecular weight excluding hydrogens is 851 g/mol. The first-order valence-electron chi connectivity index (χ1n) is 22.9. The molecule has 0 fully saturated rings. The van der Waals surface area contributed by atoms with E-state index in [-0.39, 0.29) is 0 Å². The second kappa shape index (κ2) is 14.0. The van der Waals surface area contributed by atoms with Gasteiger partial charge in [0.15, 0.2) is 0 Å². The zero-order valence-electron chi connectivity index (χ0n) is 36.0. The number of nitrogens with zero attached hydrogens (tertiary/aromatic N) is 1. The Morgan fingerprint density at radius 3 is 1.40 bits per heavy atom. The minimum Gasteiger partial charge on any atom is -0.455 e. The molecule has 13 aromatic rings. The number of fused-ring (bicyclic) bond motifs is 19. The largest absolute Gasteiger partial charge is 0.455 e. The highest BCUT2D eigenvalue weighted by Gasteiger charge is 2.52. The molecule has 0 atom stereocenters. The molecular formula is C63H37NOS2. The maximum absolute atomic E-state index is 7.22. The second-order valence-electron chi connectivity index (χ2n) is 17.9. The van der Waals surface area contributed by atoms with Gasteiger partial charge < -0.3 is 9.64 Å². The van der Waals surface area contributed by atoms with Crippen LogP contribution in [-0.4, -0.2) is 0 Å². The SMILES string of the molecule is c1ccc2c(c1)-c1ccc(-c3ccc(N(c4ccc5sc6ccccc6c5c4)c4ccc5sc6ccccc6c5c4)cc3)cc1C21c2ccc3ccccc3c2Oc2c1ccc1ccccc21. The van der Waals surface area contributed by atoms with E-state index in [1.807, 2.05) is 22.7 Å². The van der Waals surface area contributed by atoms with Crippen molar-refractivity contribution in [3.63, 3.8) is 0 Å². The van der Waals surface area contributed by atoms with E-state index in [2.05, 4.69) is 229 Å². The Morgan fingerprint density at radius 1 is 0.313 bits per heavy atom. The van der Waals surface area contributed by atoms with Crippen LogP contribution in [0.4, 0.5) is 17.1 Å². The van der Waals surface area contributed by atoms with Crippen molar-refractivity contribution < 1.29 is 4.74 Å². The normalized spacial score (nSPS) is 13.3. The molecule has 3 heterocycles. The molecule has 1 aliphatic carbocycles. The molecule has 0 saturated heterocycles. The first kappa shape index (κ1) is 37.2. The molecule has 4 heteroatoms. The summed E-state index contributed by atoms with van der Waals surface area (Å²) < 4.78 is 12.4. The Balaban J connectivity index is 0.921. The number of anilines is 3. The van der Waals surface area contributed by atoms with Gasteiger partial charge in [0.2, 0.25) is 0 Å². The molecule has 1 aliphatic heterocycles. The molecule has 312 valence electrons. The highest BCUT2D eigenvalue weighted by molar-refractivity contribution is 7.26. The Morgan fingerprint density at radius 2 is 0.791 bits per heavy atom. The standard InChI is InChI=1S/C63H37NOS2/c1-3-13-45-39(11-1)24-31-54-61(45)65-62-46-14-4-2-12-40(46)25-32-55(62)63(54)53-18-8-5-15-47(53)48-30-23-41(35-56(48)63)38-21-26-42(27-22-38)64(43-28-33-59-51(36-43)49-16-6-9-19-57(49)66-59)44-29-34-60-52(37-44)50-17-7-10-20-58(50)67-60/h1-37H. The molecule has 11 aromatic carbocycles. The van der Waals surface area contributed by atoms with Crippen LogP contribution in [0.15, 0.2) is 224 Å². The monoisotopic (exact) mass is 887 g/mol. The summed E-state index contributed by atoms with van der Waals surface area (Å²) in [5, 5.41) is 9.75. The van der Waals surface area contributed by atoms with Gasteiger partial charge in [0.25, 0.3) is 0 Å². The zero-order valence-corrected chi connectivity index (χ0v) is 37.7. The highest BCUT2D eigenvalue weighted by Crippen LogP contribution is 2.64. The number of ether oxygens (including phenoxy) is 1. The lowest BCUT2D eigenvalue weighted by Crippen LogP contribution is -2.32. The van der Waals surface area contributed by atoms with Gasteiger partial charge in [-0.3, -0.25) is 0 Å². The van der Waals surface area contributed by atoms with Crippen molar-refractivity contribution in [2.24, 2.45) is 0 Å². The van der Waals surface area contributed by atoms with E-state index in [9.17, 15) is 0 Å². The predicted molar refractivity (Wildman–Crippen MR) is 285 cm³/mol. The quantitative estimate of drug-likeness (QED) is 0.175. The summed E-state index contributed by atoms with van der Waals surface area (Å²) in [5.41, 5.74) is 12.6. The van der Waals surface area contributed by atoms with Gasteiger partial charge in [-0.15, -0.1) is 22.7 Å². The molecule has 0 unspecified atom stereocenters. The number of hydrogen-bond acceptors (Lipinski definition) is 4. The maximum atomic E-state index is 7.22. The average Bonchev–Trinajstić information content (AvgIpc) is 4.05. The van der Waals surface area contributed by atoms with Gasteiger partial charge in [-0.05, 0) is 111 Å². The van der Waals surface area contributed by atoms with E-state index in [4.69, 9.17) is 4.74 Å². The lowest BCUT2D eigenvalue weighted by molar-refractivity contribution is 0.447. The van der Waals surface area contributed by atoms with Crippen molar-refractivity contribution in [2.75, 3.05) is 4.90 Å². The Bertz CT molecular complexity index is 4020. The molecule has 2 aromatic heterocycles. The van der Waals surface area contributed by atoms with E-state index in [0.717, 1.165) is 39.3 Å². The van der Waals surface area contributed by atoms with Crippen LogP contribution in [-0.2, 0) is 5.41 Å². The fourth-order valence-electron chi connectivity index (χ4n) is 11.5. The molecule has 15 rings (SSSR count). The second-order valence-corrected chi connectivity index (χ2v) is 20.1. The van der Waals surface area contributed by atoms with E-state index >= 15 is 0 Å². The zero-order chi connectivity index (χ0) is 43.8. The molecule has 2 aliphatic rings. The van der Waals surface area contributed by atoms with Crippen molar-refractivity contribution in [1.82, 2.24) is 0 Å². The fourth-order valence-corrected chi connectivity index (χ4v) is 13.7. The Kier molecular flexibility index (Phi) is 7.78. The molecule has 0 bridgehead atoms. The maximum Gasteiger partial charge on any atom is 0.140 e. The summed E-state index contributed by atoms with van der Waals surface area (Å²) in [6, 6.07) is 83.3. The molecule has 0 amide bonds. The molecule has 2 nitrogen and oxygen atoms in total. The summed E-state index contributed by atoms with van der Waals surface area (Å²) in [7, 11) is 0. The van der Waals surface area contributed by atoms with Gasteiger partial charge in [-0.2, -0.15) is 0 Å². The van der Waals surface area contributed by atoms with Gasteiger partial charge in [0, 0.05) is 79.3 Å². The van der Waals surface area contributed by atoms with E-state index < -0.39 is 5.41 Å². The topological polar surface area (TPSA) is 12.5 Å². The van der Waals surface area contributed by atoms with E-state index in [0.29, 0.717) is 0 Å². The molecule has 0 radical (unpaired) electrons. The first-order chi connectivity index (χ1) is 33.2. The molecule has 1 spiro atoms. The average molecular weight is 888 g/mol. The third-order valence-corrected chi connectivity index (χ3v) is 16.8. The summed E-state index contributed by atoms with van der Waals surface area (Å²) in [5.74, 6) is 1.86. The fraction of sp³-hybridized carbons (Fsp3) is 0.0159. The number of thiophene rings is 2. The van der Waals surface area contributed by atoms with Crippen LogP contribution >= 0.6 is 22.7 Å². The minimum atomic E-state index is -0.607. The van der Waals surface area contributed by atoms with Crippen LogP contribution in [0.2, 0.25) is 0 Å². The third-order valence-electron chi connectivity index (χ3n) is 14.5. The molecule has 0 saturated carbocycles. The number of hydrogen-bond donors (Lipinski definition) is 0. The number of benzene rings is 11. The van der Waals surface area contributed by atoms with Crippen LogP contribution in [0.3, 0.4) is 0 Å². The smallest absolute Gasteiger partial charge is 0.140 e. The number of rotatable bonds is 4. The molecule has 0 N–H and O–H groups in total.